The van der Waals surface area contributed by atoms with Gasteiger partial charge in [0.1, 0.15) is 11.8 Å². The molecule has 4 rings (SSSR count). The molecule has 0 aliphatic carbocycles. The molecule has 0 bridgehead atoms. The SMILES string of the molecule is CC1=NC(N2CC3CN(c4ccc(C#N)nc4)CC3C2)=NC(=O)C1F. The Morgan fingerprint density at radius 2 is 1.84 bits per heavy atom. The molecule has 0 spiro atoms. The van der Waals surface area contributed by atoms with Gasteiger partial charge in [-0.3, -0.25) is 4.79 Å². The first-order valence-corrected chi connectivity index (χ1v) is 8.23. The quantitative estimate of drug-likeness (QED) is 0.762. The van der Waals surface area contributed by atoms with Gasteiger partial charge in [0.2, 0.25) is 12.1 Å². The average Bonchev–Trinajstić information content (AvgIpc) is 3.18. The Balaban J connectivity index is 1.43. The highest BCUT2D eigenvalue weighted by Gasteiger charge is 2.42. The standard InChI is InChI=1S/C17H17FN6O/c1-10-15(18)16(25)22-17(21-10)24-8-11-6-23(7-12(11)9-24)14-3-2-13(4-19)20-5-14/h2-3,5,11-12,15H,6-9H2,1H3. The molecule has 1 amide bonds. The summed E-state index contributed by atoms with van der Waals surface area (Å²) in [6, 6.07) is 5.67. The third-order valence-electron chi connectivity index (χ3n) is 5.07. The highest BCUT2D eigenvalue weighted by molar-refractivity contribution is 6.16. The van der Waals surface area contributed by atoms with Gasteiger partial charge in [-0.05, 0) is 19.1 Å². The fourth-order valence-corrected chi connectivity index (χ4v) is 3.72. The van der Waals surface area contributed by atoms with Crippen molar-refractivity contribution >= 4 is 23.3 Å². The minimum absolute atomic E-state index is 0.178. The molecule has 0 aromatic carbocycles. The van der Waals surface area contributed by atoms with Crippen molar-refractivity contribution in [3.05, 3.63) is 24.0 Å². The van der Waals surface area contributed by atoms with E-state index in [1.165, 1.54) is 6.92 Å². The minimum Gasteiger partial charge on any atom is -0.370 e. The Bertz CT molecular complexity index is 797. The summed E-state index contributed by atoms with van der Waals surface area (Å²) >= 11 is 0. The van der Waals surface area contributed by atoms with Crippen molar-refractivity contribution in [3.8, 4) is 6.07 Å². The van der Waals surface area contributed by atoms with Gasteiger partial charge in [0.25, 0.3) is 5.91 Å². The van der Waals surface area contributed by atoms with Gasteiger partial charge in [-0.15, -0.1) is 0 Å². The molecule has 2 fully saturated rings. The number of hydrogen-bond donors (Lipinski definition) is 0. The number of carbonyl (C=O) groups is 1. The predicted molar refractivity (Wildman–Crippen MR) is 90.2 cm³/mol. The summed E-state index contributed by atoms with van der Waals surface area (Å²) in [5, 5.41) is 8.83. The Kier molecular flexibility index (Phi) is 3.71. The van der Waals surface area contributed by atoms with Crippen LogP contribution < -0.4 is 4.90 Å². The number of anilines is 1. The zero-order valence-electron chi connectivity index (χ0n) is 13.8. The van der Waals surface area contributed by atoms with Gasteiger partial charge < -0.3 is 9.80 Å². The molecule has 3 aliphatic rings. The highest BCUT2D eigenvalue weighted by Crippen LogP contribution is 2.34. The summed E-state index contributed by atoms with van der Waals surface area (Å²) in [5.74, 6) is 0.460. The molecular formula is C17H17FN6O. The number of fused-ring (bicyclic) bond motifs is 1. The number of guanidine groups is 1. The third kappa shape index (κ3) is 2.76. The number of pyridine rings is 1. The van der Waals surface area contributed by atoms with Gasteiger partial charge in [0.15, 0.2) is 0 Å². The topological polar surface area (TPSA) is 84.9 Å². The first-order chi connectivity index (χ1) is 12.0. The normalized spacial score (nSPS) is 28.5. The molecule has 7 nitrogen and oxygen atoms in total. The number of nitrogens with zero attached hydrogens (tertiary/aromatic N) is 6. The number of halogens is 1. The maximum absolute atomic E-state index is 13.5. The molecule has 3 atom stereocenters. The van der Waals surface area contributed by atoms with Gasteiger partial charge in [0.05, 0.1) is 17.6 Å². The second kappa shape index (κ2) is 5.92. The molecular weight excluding hydrogens is 323 g/mol. The van der Waals surface area contributed by atoms with Crippen molar-refractivity contribution in [2.45, 2.75) is 13.1 Å². The van der Waals surface area contributed by atoms with E-state index in [1.807, 2.05) is 17.0 Å². The molecule has 1 aromatic heterocycles. The first kappa shape index (κ1) is 15.7. The van der Waals surface area contributed by atoms with E-state index in [0.717, 1.165) is 31.9 Å². The molecule has 4 heterocycles. The molecule has 8 heteroatoms. The summed E-state index contributed by atoms with van der Waals surface area (Å²) in [7, 11) is 0. The zero-order chi connectivity index (χ0) is 17.6. The molecule has 1 aromatic rings. The van der Waals surface area contributed by atoms with Crippen LogP contribution in [0.4, 0.5) is 10.1 Å². The van der Waals surface area contributed by atoms with E-state index in [1.54, 1.807) is 12.3 Å². The van der Waals surface area contributed by atoms with Crippen molar-refractivity contribution in [3.63, 3.8) is 0 Å². The van der Waals surface area contributed by atoms with Crippen LogP contribution in [0.5, 0.6) is 0 Å². The lowest BCUT2D eigenvalue weighted by atomic mass is 10.0. The van der Waals surface area contributed by atoms with Crippen LogP contribution in [0.15, 0.2) is 28.3 Å². The fourth-order valence-electron chi connectivity index (χ4n) is 3.72. The van der Waals surface area contributed by atoms with Gasteiger partial charge in [-0.2, -0.15) is 10.3 Å². The van der Waals surface area contributed by atoms with Gasteiger partial charge in [-0.1, -0.05) is 0 Å². The number of rotatable bonds is 1. The number of likely N-dealkylation sites (tertiary alicyclic amines) is 1. The Labute approximate surface area is 144 Å². The molecule has 0 radical (unpaired) electrons. The Hall–Kier alpha value is -2.82. The van der Waals surface area contributed by atoms with Crippen LogP contribution in [-0.4, -0.2) is 59.8 Å². The zero-order valence-corrected chi connectivity index (χ0v) is 13.8. The Morgan fingerprint density at radius 3 is 2.40 bits per heavy atom. The second-order valence-corrected chi connectivity index (χ2v) is 6.71. The Morgan fingerprint density at radius 1 is 1.16 bits per heavy atom. The number of aromatic nitrogens is 1. The van der Waals surface area contributed by atoms with Crippen LogP contribution in [0.3, 0.4) is 0 Å². The van der Waals surface area contributed by atoms with Gasteiger partial charge in [0, 0.05) is 38.0 Å². The van der Waals surface area contributed by atoms with E-state index in [0.29, 0.717) is 23.5 Å². The largest absolute Gasteiger partial charge is 0.370 e. The molecule has 25 heavy (non-hydrogen) atoms. The van der Waals surface area contributed by atoms with E-state index >= 15 is 0 Å². The van der Waals surface area contributed by atoms with E-state index in [4.69, 9.17) is 5.26 Å². The van der Waals surface area contributed by atoms with Crippen LogP contribution in [-0.2, 0) is 4.79 Å². The van der Waals surface area contributed by atoms with E-state index < -0.39 is 12.1 Å². The molecule has 2 saturated heterocycles. The maximum atomic E-state index is 13.5. The van der Waals surface area contributed by atoms with E-state index in [2.05, 4.69) is 19.9 Å². The summed E-state index contributed by atoms with van der Waals surface area (Å²) in [6.07, 6.45) is 0.0289. The summed E-state index contributed by atoms with van der Waals surface area (Å²) in [6.45, 7) is 4.79. The smallest absolute Gasteiger partial charge is 0.289 e. The number of carbonyl (C=O) groups excluding carboxylic acids is 1. The van der Waals surface area contributed by atoms with Crippen molar-refractivity contribution in [2.75, 3.05) is 31.1 Å². The number of hydrogen-bond acceptors (Lipinski definition) is 6. The molecule has 3 aliphatic heterocycles. The van der Waals surface area contributed by atoms with Crippen molar-refractivity contribution < 1.29 is 9.18 Å². The van der Waals surface area contributed by atoms with Crippen molar-refractivity contribution in [2.24, 2.45) is 21.8 Å². The minimum atomic E-state index is -1.70. The second-order valence-electron chi connectivity index (χ2n) is 6.71. The number of nitriles is 1. The van der Waals surface area contributed by atoms with Crippen LogP contribution in [0.2, 0.25) is 0 Å². The summed E-state index contributed by atoms with van der Waals surface area (Å²) < 4.78 is 13.5. The first-order valence-electron chi connectivity index (χ1n) is 8.23. The highest BCUT2D eigenvalue weighted by atomic mass is 19.1. The molecule has 0 N–H and O–H groups in total. The summed E-state index contributed by atoms with van der Waals surface area (Å²) in [5.41, 5.74) is 1.60. The maximum Gasteiger partial charge on any atom is 0.289 e. The lowest BCUT2D eigenvalue weighted by molar-refractivity contribution is -0.120. The third-order valence-corrected chi connectivity index (χ3v) is 5.07. The van der Waals surface area contributed by atoms with Crippen LogP contribution in [0.25, 0.3) is 0 Å². The van der Waals surface area contributed by atoms with Crippen molar-refractivity contribution in [1.29, 1.82) is 5.26 Å². The van der Waals surface area contributed by atoms with E-state index in [9.17, 15) is 9.18 Å². The molecule has 128 valence electrons. The fraction of sp³-hybridized carbons (Fsp3) is 0.471. The lowest BCUT2D eigenvalue weighted by Gasteiger charge is -2.24. The summed E-state index contributed by atoms with van der Waals surface area (Å²) in [4.78, 5) is 27.9. The van der Waals surface area contributed by atoms with Crippen LogP contribution >= 0.6 is 0 Å². The van der Waals surface area contributed by atoms with Gasteiger partial charge in [-0.25, -0.2) is 14.4 Å². The lowest BCUT2D eigenvalue weighted by Crippen LogP contribution is -2.38. The van der Waals surface area contributed by atoms with Crippen LogP contribution in [0, 0.1) is 23.2 Å². The monoisotopic (exact) mass is 340 g/mol. The molecule has 0 saturated carbocycles. The number of aliphatic imine (C=N–C) groups is 2. The number of amides is 1. The van der Waals surface area contributed by atoms with Crippen LogP contribution in [0.1, 0.15) is 12.6 Å². The average molecular weight is 340 g/mol. The van der Waals surface area contributed by atoms with Crippen molar-refractivity contribution in [1.82, 2.24) is 9.88 Å². The predicted octanol–water partition coefficient (Wildman–Crippen LogP) is 1.02. The molecule has 3 unspecified atom stereocenters. The van der Waals surface area contributed by atoms with Gasteiger partial charge >= 0.3 is 0 Å². The van der Waals surface area contributed by atoms with E-state index in [-0.39, 0.29) is 5.71 Å². The number of alkyl halides is 1.